The first-order chi connectivity index (χ1) is 9.42. The van der Waals surface area contributed by atoms with Crippen LogP contribution in [-0.2, 0) is 10.0 Å². The number of hydrogen-bond acceptors (Lipinski definition) is 4. The zero-order valence-corrected chi connectivity index (χ0v) is 13.9. The fourth-order valence-electron chi connectivity index (χ4n) is 3.17. The lowest BCUT2D eigenvalue weighted by Gasteiger charge is -2.37. The predicted molar refractivity (Wildman–Crippen MR) is 82.2 cm³/mol. The number of rotatable bonds is 8. The highest BCUT2D eigenvalue weighted by Gasteiger charge is 2.28. The average molecular weight is 306 g/mol. The van der Waals surface area contributed by atoms with E-state index in [1.165, 1.54) is 6.26 Å². The van der Waals surface area contributed by atoms with Gasteiger partial charge in [-0.1, -0.05) is 13.8 Å². The minimum absolute atomic E-state index is 0.166. The summed E-state index contributed by atoms with van der Waals surface area (Å²) in [6.45, 7) is 7.35. The highest BCUT2D eigenvalue weighted by molar-refractivity contribution is 7.88. The van der Waals surface area contributed by atoms with Gasteiger partial charge in [0.2, 0.25) is 10.0 Å². The summed E-state index contributed by atoms with van der Waals surface area (Å²) in [7, 11) is -3.07. The van der Waals surface area contributed by atoms with Crippen molar-refractivity contribution in [3.8, 4) is 0 Å². The van der Waals surface area contributed by atoms with E-state index in [2.05, 4.69) is 18.7 Å². The number of nitrogens with zero attached hydrogens (tertiary/aromatic N) is 2. The quantitative estimate of drug-likeness (QED) is 0.730. The molecule has 0 saturated carbocycles. The minimum Gasteiger partial charge on any atom is -0.395 e. The van der Waals surface area contributed by atoms with Gasteiger partial charge >= 0.3 is 0 Å². The van der Waals surface area contributed by atoms with Crippen LogP contribution < -0.4 is 0 Å². The van der Waals surface area contributed by atoms with Crippen LogP contribution in [0.4, 0.5) is 0 Å². The molecule has 1 unspecified atom stereocenters. The van der Waals surface area contributed by atoms with Crippen LogP contribution in [0.3, 0.4) is 0 Å². The van der Waals surface area contributed by atoms with Crippen molar-refractivity contribution >= 4 is 10.0 Å². The van der Waals surface area contributed by atoms with Crippen molar-refractivity contribution < 1.29 is 13.5 Å². The first-order valence-corrected chi connectivity index (χ1v) is 9.57. The number of hydrogen-bond donors (Lipinski definition) is 1. The molecule has 120 valence electrons. The van der Waals surface area contributed by atoms with Crippen molar-refractivity contribution in [3.05, 3.63) is 0 Å². The Labute approximate surface area is 124 Å². The van der Waals surface area contributed by atoms with Gasteiger partial charge in [-0.15, -0.1) is 0 Å². The van der Waals surface area contributed by atoms with Gasteiger partial charge in [0, 0.05) is 32.2 Å². The van der Waals surface area contributed by atoms with E-state index in [1.54, 1.807) is 4.31 Å². The Morgan fingerprint density at radius 2 is 2.00 bits per heavy atom. The molecule has 1 saturated heterocycles. The third-order valence-corrected chi connectivity index (χ3v) is 5.56. The van der Waals surface area contributed by atoms with Crippen LogP contribution in [-0.4, -0.2) is 67.8 Å². The highest BCUT2D eigenvalue weighted by atomic mass is 32.2. The first-order valence-electron chi connectivity index (χ1n) is 7.72. The maximum atomic E-state index is 11.7. The average Bonchev–Trinajstić information content (AvgIpc) is 2.39. The highest BCUT2D eigenvalue weighted by Crippen LogP contribution is 2.21. The maximum absolute atomic E-state index is 11.7. The number of aliphatic hydroxyl groups is 1. The summed E-state index contributed by atoms with van der Waals surface area (Å²) < 4.78 is 24.9. The molecule has 0 spiro atoms. The molecule has 1 atom stereocenters. The normalized spacial score (nSPS) is 21.8. The third kappa shape index (κ3) is 5.31. The fraction of sp³-hybridized carbons (Fsp3) is 1.00. The van der Waals surface area contributed by atoms with Gasteiger partial charge in [0.05, 0.1) is 12.9 Å². The molecular weight excluding hydrogens is 276 g/mol. The van der Waals surface area contributed by atoms with Crippen molar-refractivity contribution in [3.63, 3.8) is 0 Å². The summed E-state index contributed by atoms with van der Waals surface area (Å²) in [5, 5.41) is 9.24. The molecule has 0 aliphatic carbocycles. The Balaban J connectivity index is 2.63. The van der Waals surface area contributed by atoms with Crippen molar-refractivity contribution in [1.82, 2.24) is 9.21 Å². The Morgan fingerprint density at radius 1 is 1.35 bits per heavy atom. The summed E-state index contributed by atoms with van der Waals surface area (Å²) in [4.78, 5) is 2.33. The van der Waals surface area contributed by atoms with Crippen LogP contribution in [0.5, 0.6) is 0 Å². The van der Waals surface area contributed by atoms with Crippen molar-refractivity contribution in [2.45, 2.75) is 45.6 Å². The summed E-state index contributed by atoms with van der Waals surface area (Å²) in [5.74, 6) is 0.380. The van der Waals surface area contributed by atoms with E-state index in [1.807, 2.05) is 0 Å². The molecule has 0 amide bonds. The zero-order valence-electron chi connectivity index (χ0n) is 13.1. The van der Waals surface area contributed by atoms with Crippen LogP contribution in [0.15, 0.2) is 0 Å². The Hall–Kier alpha value is -0.170. The van der Waals surface area contributed by atoms with Gasteiger partial charge in [0.1, 0.15) is 0 Å². The van der Waals surface area contributed by atoms with E-state index in [-0.39, 0.29) is 6.61 Å². The van der Waals surface area contributed by atoms with E-state index in [9.17, 15) is 13.5 Å². The van der Waals surface area contributed by atoms with Crippen LogP contribution in [0.25, 0.3) is 0 Å². The van der Waals surface area contributed by atoms with Crippen molar-refractivity contribution in [1.29, 1.82) is 0 Å². The standard InChI is InChI=1S/C14H30N2O3S/c1-4-14(5-2)15(9-10-17)11-13-7-6-8-16(12-13)20(3,18)19/h13-14,17H,4-12H2,1-3H3. The summed E-state index contributed by atoms with van der Waals surface area (Å²) in [6.07, 6.45) is 5.45. The largest absolute Gasteiger partial charge is 0.395 e. The monoisotopic (exact) mass is 306 g/mol. The lowest BCUT2D eigenvalue weighted by molar-refractivity contribution is 0.106. The van der Waals surface area contributed by atoms with Crippen LogP contribution in [0, 0.1) is 5.92 Å². The second kappa shape index (κ2) is 8.32. The molecule has 0 aromatic heterocycles. The van der Waals surface area contributed by atoms with Gasteiger partial charge in [-0.2, -0.15) is 0 Å². The lowest BCUT2D eigenvalue weighted by atomic mass is 9.97. The molecule has 6 heteroatoms. The molecule has 1 rings (SSSR count). The van der Waals surface area contributed by atoms with E-state index >= 15 is 0 Å². The number of piperidine rings is 1. The fourth-order valence-corrected chi connectivity index (χ4v) is 4.11. The Morgan fingerprint density at radius 3 is 2.50 bits per heavy atom. The molecule has 1 fully saturated rings. The molecule has 5 nitrogen and oxygen atoms in total. The second-order valence-electron chi connectivity index (χ2n) is 5.82. The maximum Gasteiger partial charge on any atom is 0.211 e. The van der Waals surface area contributed by atoms with Crippen LogP contribution >= 0.6 is 0 Å². The van der Waals surface area contributed by atoms with Gasteiger partial charge < -0.3 is 5.11 Å². The third-order valence-electron chi connectivity index (χ3n) is 4.29. The van der Waals surface area contributed by atoms with Crippen molar-refractivity contribution in [2.24, 2.45) is 5.92 Å². The minimum atomic E-state index is -3.07. The molecule has 0 bridgehead atoms. The van der Waals surface area contributed by atoms with Gasteiger partial charge in [-0.05, 0) is 31.6 Å². The van der Waals surface area contributed by atoms with Gasteiger partial charge in [-0.25, -0.2) is 12.7 Å². The van der Waals surface area contributed by atoms with Crippen LogP contribution in [0.1, 0.15) is 39.5 Å². The molecule has 0 aromatic rings. The molecule has 0 aromatic carbocycles. The van der Waals surface area contributed by atoms with Crippen LogP contribution in [0.2, 0.25) is 0 Å². The first kappa shape index (κ1) is 17.9. The molecule has 0 radical (unpaired) electrons. The molecule has 20 heavy (non-hydrogen) atoms. The SMILES string of the molecule is CCC(CC)N(CCO)CC1CCCN(S(C)(=O)=O)C1. The Bertz CT molecular complexity index is 369. The topological polar surface area (TPSA) is 60.9 Å². The number of aliphatic hydroxyl groups excluding tert-OH is 1. The van der Waals surface area contributed by atoms with Gasteiger partial charge in [0.25, 0.3) is 0 Å². The summed E-state index contributed by atoms with van der Waals surface area (Å²) in [6, 6.07) is 0.482. The van der Waals surface area contributed by atoms with Gasteiger partial charge in [-0.3, -0.25) is 4.90 Å². The summed E-state index contributed by atoms with van der Waals surface area (Å²) >= 11 is 0. The van der Waals surface area contributed by atoms with Crippen molar-refractivity contribution in [2.75, 3.05) is 39.0 Å². The zero-order chi connectivity index (χ0) is 15.2. The van der Waals surface area contributed by atoms with E-state index in [0.717, 1.165) is 32.2 Å². The number of sulfonamides is 1. The second-order valence-corrected chi connectivity index (χ2v) is 7.80. The lowest BCUT2D eigenvalue weighted by Crippen LogP contribution is -2.46. The predicted octanol–water partition coefficient (Wildman–Crippen LogP) is 1.14. The van der Waals surface area contributed by atoms with E-state index in [0.29, 0.717) is 31.6 Å². The van der Waals surface area contributed by atoms with Gasteiger partial charge in [0.15, 0.2) is 0 Å². The molecule has 1 aliphatic rings. The summed E-state index contributed by atoms with van der Waals surface area (Å²) in [5.41, 5.74) is 0. The molecular formula is C14H30N2O3S. The Kier molecular flexibility index (Phi) is 7.43. The van der Waals surface area contributed by atoms with E-state index < -0.39 is 10.0 Å². The molecule has 1 aliphatic heterocycles. The molecule has 1 heterocycles. The smallest absolute Gasteiger partial charge is 0.211 e. The molecule has 1 N–H and O–H groups in total. The van der Waals surface area contributed by atoms with E-state index in [4.69, 9.17) is 0 Å².